The molecule has 22 heavy (non-hydrogen) atoms. The molecule has 1 amide bonds. The number of rotatable bonds is 5. The van der Waals surface area contributed by atoms with E-state index in [0.717, 1.165) is 22.4 Å². The first-order chi connectivity index (χ1) is 10.6. The highest BCUT2D eigenvalue weighted by Crippen LogP contribution is 2.40. The van der Waals surface area contributed by atoms with Gasteiger partial charge in [0.15, 0.2) is 0 Å². The molecule has 0 unspecified atom stereocenters. The third-order valence-corrected chi connectivity index (χ3v) is 4.29. The average molecular weight is 317 g/mol. The van der Waals surface area contributed by atoms with E-state index >= 15 is 0 Å². The van der Waals surface area contributed by atoms with E-state index < -0.39 is 5.97 Å². The van der Waals surface area contributed by atoms with E-state index in [0.29, 0.717) is 17.0 Å². The minimum absolute atomic E-state index is 0.0893. The summed E-state index contributed by atoms with van der Waals surface area (Å²) in [7, 11) is 1.35. The van der Waals surface area contributed by atoms with Gasteiger partial charge in [0.2, 0.25) is 5.91 Å². The van der Waals surface area contributed by atoms with Crippen LogP contribution in [0.15, 0.2) is 30.3 Å². The van der Waals surface area contributed by atoms with Crippen molar-refractivity contribution >= 4 is 28.2 Å². The third kappa shape index (κ3) is 3.36. The fraction of sp³-hybridized carbons (Fsp3) is 0.294. The Balaban J connectivity index is 2.52. The number of methoxy groups -OCH3 is 1. The minimum Gasteiger partial charge on any atom is -0.465 e. The Morgan fingerprint density at radius 1 is 1.23 bits per heavy atom. The monoisotopic (exact) mass is 317 g/mol. The van der Waals surface area contributed by atoms with Crippen LogP contribution in [0, 0.1) is 6.92 Å². The molecule has 4 nitrogen and oxygen atoms in total. The van der Waals surface area contributed by atoms with E-state index in [1.54, 1.807) is 0 Å². The van der Waals surface area contributed by atoms with Gasteiger partial charge in [0.25, 0.3) is 0 Å². The summed E-state index contributed by atoms with van der Waals surface area (Å²) in [6.07, 6.45) is 1.19. The zero-order valence-electron chi connectivity index (χ0n) is 12.9. The van der Waals surface area contributed by atoms with E-state index in [4.69, 9.17) is 4.74 Å². The molecule has 0 saturated carbocycles. The molecule has 0 radical (unpaired) electrons. The lowest BCUT2D eigenvalue weighted by molar-refractivity contribution is -0.116. The van der Waals surface area contributed by atoms with Gasteiger partial charge in [-0.25, -0.2) is 4.79 Å². The molecule has 0 spiro atoms. The number of carbonyl (C=O) groups is 2. The number of aryl methyl sites for hydroxylation is 1. The Morgan fingerprint density at radius 2 is 1.91 bits per heavy atom. The first kappa shape index (κ1) is 16.2. The van der Waals surface area contributed by atoms with Crippen molar-refractivity contribution in [3.63, 3.8) is 0 Å². The standard InChI is InChI=1S/C17H19NO3S/c1-4-8-13(19)18-16-15(17(20)21-3)14(11(2)22-16)12-9-6-5-7-10-12/h5-7,9-10H,4,8H2,1-3H3,(H,18,19). The fourth-order valence-corrected chi connectivity index (χ4v) is 3.38. The first-order valence-electron chi connectivity index (χ1n) is 7.15. The van der Waals surface area contributed by atoms with Crippen molar-refractivity contribution in [3.05, 3.63) is 40.8 Å². The molecule has 0 saturated heterocycles. The van der Waals surface area contributed by atoms with Crippen molar-refractivity contribution in [2.24, 2.45) is 0 Å². The van der Waals surface area contributed by atoms with Crippen LogP contribution in [0.4, 0.5) is 5.00 Å². The number of nitrogens with one attached hydrogen (secondary N) is 1. The summed E-state index contributed by atoms with van der Waals surface area (Å²) < 4.78 is 4.91. The van der Waals surface area contributed by atoms with Crippen molar-refractivity contribution in [2.45, 2.75) is 26.7 Å². The van der Waals surface area contributed by atoms with Crippen molar-refractivity contribution < 1.29 is 14.3 Å². The number of benzene rings is 1. The van der Waals surface area contributed by atoms with E-state index in [1.165, 1.54) is 18.4 Å². The molecule has 5 heteroatoms. The lowest BCUT2D eigenvalue weighted by Gasteiger charge is -2.07. The van der Waals surface area contributed by atoms with Crippen molar-refractivity contribution in [2.75, 3.05) is 12.4 Å². The summed E-state index contributed by atoms with van der Waals surface area (Å²) in [5, 5.41) is 3.39. The number of esters is 1. The van der Waals surface area contributed by atoms with Crippen LogP contribution in [0.3, 0.4) is 0 Å². The second kappa shape index (κ2) is 7.22. The lowest BCUT2D eigenvalue weighted by Crippen LogP contribution is -2.13. The highest BCUT2D eigenvalue weighted by Gasteiger charge is 2.24. The normalized spacial score (nSPS) is 10.3. The fourth-order valence-electron chi connectivity index (χ4n) is 2.30. The topological polar surface area (TPSA) is 55.4 Å². The zero-order valence-corrected chi connectivity index (χ0v) is 13.8. The molecule has 0 atom stereocenters. The summed E-state index contributed by atoms with van der Waals surface area (Å²) >= 11 is 1.40. The Kier molecular flexibility index (Phi) is 5.33. The smallest absolute Gasteiger partial charge is 0.341 e. The van der Waals surface area contributed by atoms with Crippen LogP contribution in [-0.4, -0.2) is 19.0 Å². The number of carbonyl (C=O) groups excluding carboxylic acids is 2. The van der Waals surface area contributed by atoms with Gasteiger partial charge in [-0.2, -0.15) is 0 Å². The summed E-state index contributed by atoms with van der Waals surface area (Å²) in [6, 6.07) is 9.65. The van der Waals surface area contributed by atoms with E-state index in [2.05, 4.69) is 5.32 Å². The minimum atomic E-state index is -0.435. The predicted molar refractivity (Wildman–Crippen MR) is 89.4 cm³/mol. The molecule has 0 fully saturated rings. The van der Waals surface area contributed by atoms with Crippen molar-refractivity contribution in [1.82, 2.24) is 0 Å². The van der Waals surface area contributed by atoms with Gasteiger partial charge in [-0.1, -0.05) is 37.3 Å². The molecular weight excluding hydrogens is 298 g/mol. The maximum absolute atomic E-state index is 12.2. The van der Waals surface area contributed by atoms with Crippen LogP contribution in [-0.2, 0) is 9.53 Å². The van der Waals surface area contributed by atoms with Gasteiger partial charge in [0, 0.05) is 16.9 Å². The first-order valence-corrected chi connectivity index (χ1v) is 7.97. The van der Waals surface area contributed by atoms with Crippen LogP contribution in [0.2, 0.25) is 0 Å². The third-order valence-electron chi connectivity index (χ3n) is 3.27. The van der Waals surface area contributed by atoms with Crippen LogP contribution in [0.5, 0.6) is 0 Å². The largest absolute Gasteiger partial charge is 0.465 e. The van der Waals surface area contributed by atoms with Gasteiger partial charge >= 0.3 is 5.97 Å². The summed E-state index contributed by atoms with van der Waals surface area (Å²) in [5.41, 5.74) is 2.19. The highest BCUT2D eigenvalue weighted by atomic mass is 32.1. The average Bonchev–Trinajstić information content (AvgIpc) is 2.83. The molecule has 2 rings (SSSR count). The maximum atomic E-state index is 12.2. The molecule has 116 valence electrons. The molecule has 1 aromatic heterocycles. The van der Waals surface area contributed by atoms with Crippen LogP contribution in [0.25, 0.3) is 11.1 Å². The van der Waals surface area contributed by atoms with Gasteiger partial charge in [-0.15, -0.1) is 11.3 Å². The number of hydrogen-bond donors (Lipinski definition) is 1. The van der Waals surface area contributed by atoms with Gasteiger partial charge in [-0.05, 0) is 18.9 Å². The van der Waals surface area contributed by atoms with Crippen LogP contribution in [0.1, 0.15) is 35.0 Å². The Hall–Kier alpha value is -2.14. The van der Waals surface area contributed by atoms with Gasteiger partial charge in [-0.3, -0.25) is 4.79 Å². The zero-order chi connectivity index (χ0) is 16.1. The predicted octanol–water partition coefficient (Wildman–Crippen LogP) is 4.25. The Labute approximate surface area is 134 Å². The summed E-state index contributed by atoms with van der Waals surface area (Å²) in [6.45, 7) is 3.88. The SMILES string of the molecule is CCCC(=O)Nc1sc(C)c(-c2ccccc2)c1C(=O)OC. The second-order valence-electron chi connectivity index (χ2n) is 4.89. The van der Waals surface area contributed by atoms with E-state index in [-0.39, 0.29) is 5.91 Å². The Bertz CT molecular complexity index is 677. The number of thiophene rings is 1. The molecule has 1 heterocycles. The highest BCUT2D eigenvalue weighted by molar-refractivity contribution is 7.17. The number of hydrogen-bond acceptors (Lipinski definition) is 4. The molecule has 0 aliphatic heterocycles. The van der Waals surface area contributed by atoms with Crippen LogP contribution < -0.4 is 5.32 Å². The van der Waals surface area contributed by atoms with Gasteiger partial charge in [0.1, 0.15) is 10.6 Å². The molecule has 0 aliphatic carbocycles. The maximum Gasteiger partial charge on any atom is 0.341 e. The van der Waals surface area contributed by atoms with Crippen molar-refractivity contribution in [3.8, 4) is 11.1 Å². The Morgan fingerprint density at radius 3 is 2.50 bits per heavy atom. The molecule has 2 aromatic rings. The van der Waals surface area contributed by atoms with Crippen LogP contribution >= 0.6 is 11.3 Å². The molecule has 1 aromatic carbocycles. The molecule has 1 N–H and O–H groups in total. The molecular formula is C17H19NO3S. The number of amides is 1. The van der Waals surface area contributed by atoms with Gasteiger partial charge in [0.05, 0.1) is 7.11 Å². The molecule has 0 bridgehead atoms. The molecule has 0 aliphatic rings. The lowest BCUT2D eigenvalue weighted by atomic mass is 10.0. The van der Waals surface area contributed by atoms with E-state index in [1.807, 2.05) is 44.2 Å². The van der Waals surface area contributed by atoms with Crippen molar-refractivity contribution in [1.29, 1.82) is 0 Å². The van der Waals surface area contributed by atoms with E-state index in [9.17, 15) is 9.59 Å². The summed E-state index contributed by atoms with van der Waals surface area (Å²) in [5.74, 6) is -0.525. The number of ether oxygens (including phenoxy) is 1. The summed E-state index contributed by atoms with van der Waals surface area (Å²) in [4.78, 5) is 25.1. The quantitative estimate of drug-likeness (QED) is 0.839. The van der Waals surface area contributed by atoms with Gasteiger partial charge < -0.3 is 10.1 Å². The number of anilines is 1. The second-order valence-corrected chi connectivity index (χ2v) is 6.12.